The lowest BCUT2D eigenvalue weighted by atomic mass is 9.86. The minimum Gasteiger partial charge on any atom is -0.481 e. The number of carboxylic acids is 1. The van der Waals surface area contributed by atoms with Crippen LogP contribution in [0.3, 0.4) is 0 Å². The predicted octanol–water partition coefficient (Wildman–Crippen LogP) is 1.22. The summed E-state index contributed by atoms with van der Waals surface area (Å²) in [6.07, 6.45) is 3.15. The lowest BCUT2D eigenvalue weighted by Crippen LogP contribution is -2.57. The molecular formula is C18H27N3O4. The molecule has 138 valence electrons. The van der Waals surface area contributed by atoms with E-state index in [1.54, 1.807) is 12.1 Å². The molecule has 0 spiro atoms. The Morgan fingerprint density at radius 2 is 2.00 bits per heavy atom. The molecule has 2 saturated heterocycles. The molecule has 25 heavy (non-hydrogen) atoms. The van der Waals surface area contributed by atoms with E-state index >= 15 is 0 Å². The normalized spacial score (nSPS) is 25.9. The Balaban J connectivity index is 1.67. The number of piperidine rings is 1. The van der Waals surface area contributed by atoms with Crippen molar-refractivity contribution in [2.45, 2.75) is 25.3 Å². The third-order valence-corrected chi connectivity index (χ3v) is 5.45. The number of likely N-dealkylation sites (tertiary alicyclic amines) is 1. The molecule has 0 aromatic carbocycles. The highest BCUT2D eigenvalue weighted by molar-refractivity contribution is 5.91. The van der Waals surface area contributed by atoms with Gasteiger partial charge < -0.3 is 19.3 Å². The Morgan fingerprint density at radius 3 is 2.64 bits per heavy atom. The number of carboxylic acid groups (broad SMARTS) is 1. The fraction of sp³-hybridized carbons (Fsp3) is 0.667. The molecule has 0 unspecified atom stereocenters. The van der Waals surface area contributed by atoms with E-state index < -0.39 is 5.97 Å². The van der Waals surface area contributed by atoms with Gasteiger partial charge in [0.15, 0.2) is 5.76 Å². The van der Waals surface area contributed by atoms with Crippen molar-refractivity contribution >= 4 is 11.9 Å². The number of carbonyl (C=O) groups excluding carboxylic acids is 1. The molecule has 0 radical (unpaired) electrons. The van der Waals surface area contributed by atoms with Crippen LogP contribution in [0.25, 0.3) is 0 Å². The van der Waals surface area contributed by atoms with Crippen molar-refractivity contribution in [3.8, 4) is 0 Å². The molecule has 2 aliphatic rings. The first-order chi connectivity index (χ1) is 12.0. The lowest BCUT2D eigenvalue weighted by molar-refractivity contribution is -0.137. The van der Waals surface area contributed by atoms with Crippen LogP contribution in [0, 0.1) is 5.92 Å². The van der Waals surface area contributed by atoms with Crippen LogP contribution < -0.4 is 0 Å². The van der Waals surface area contributed by atoms with E-state index in [9.17, 15) is 9.59 Å². The number of hydrogen-bond acceptors (Lipinski definition) is 5. The Hall–Kier alpha value is -1.86. The topological polar surface area (TPSA) is 77.2 Å². The summed E-state index contributed by atoms with van der Waals surface area (Å²) >= 11 is 0. The number of amides is 1. The summed E-state index contributed by atoms with van der Waals surface area (Å²) in [4.78, 5) is 30.2. The average Bonchev–Trinajstić information content (AvgIpc) is 3.14. The van der Waals surface area contributed by atoms with Gasteiger partial charge >= 0.3 is 5.97 Å². The minimum absolute atomic E-state index is 0.0952. The Labute approximate surface area is 148 Å². The first-order valence-electron chi connectivity index (χ1n) is 9.02. The maximum atomic E-state index is 12.6. The van der Waals surface area contributed by atoms with E-state index in [4.69, 9.17) is 9.52 Å². The highest BCUT2D eigenvalue weighted by Gasteiger charge is 2.36. The van der Waals surface area contributed by atoms with Gasteiger partial charge in [-0.2, -0.15) is 0 Å². The highest BCUT2D eigenvalue weighted by Crippen LogP contribution is 2.28. The largest absolute Gasteiger partial charge is 0.481 e. The van der Waals surface area contributed by atoms with Crippen LogP contribution in [0.5, 0.6) is 0 Å². The molecule has 2 fully saturated rings. The van der Waals surface area contributed by atoms with Crippen molar-refractivity contribution in [1.29, 1.82) is 0 Å². The second kappa shape index (κ2) is 8.01. The molecule has 0 bridgehead atoms. The van der Waals surface area contributed by atoms with E-state index in [1.165, 1.54) is 6.26 Å². The molecule has 7 heteroatoms. The van der Waals surface area contributed by atoms with Crippen molar-refractivity contribution < 1.29 is 19.1 Å². The van der Waals surface area contributed by atoms with Gasteiger partial charge in [-0.15, -0.1) is 0 Å². The molecule has 1 aromatic rings. The summed E-state index contributed by atoms with van der Waals surface area (Å²) < 4.78 is 5.24. The Morgan fingerprint density at radius 1 is 1.24 bits per heavy atom. The minimum atomic E-state index is -0.772. The van der Waals surface area contributed by atoms with E-state index in [0.717, 1.165) is 32.6 Å². The van der Waals surface area contributed by atoms with Crippen LogP contribution in [0.4, 0.5) is 0 Å². The summed E-state index contributed by atoms with van der Waals surface area (Å²) in [5.41, 5.74) is 0. The van der Waals surface area contributed by atoms with Crippen LogP contribution >= 0.6 is 0 Å². The first-order valence-corrected chi connectivity index (χ1v) is 9.02. The number of piperazine rings is 1. The maximum Gasteiger partial charge on any atom is 0.303 e. The molecule has 2 aliphatic heterocycles. The molecule has 1 amide bonds. The molecule has 2 atom stereocenters. The van der Waals surface area contributed by atoms with Crippen LogP contribution in [-0.4, -0.2) is 84.0 Å². The van der Waals surface area contributed by atoms with Gasteiger partial charge in [-0.1, -0.05) is 0 Å². The zero-order valence-corrected chi connectivity index (χ0v) is 14.8. The lowest BCUT2D eigenvalue weighted by Gasteiger charge is -2.46. The zero-order valence-electron chi connectivity index (χ0n) is 14.8. The summed E-state index contributed by atoms with van der Waals surface area (Å²) in [5, 5.41) is 9.08. The molecule has 0 aliphatic carbocycles. The molecule has 1 N–H and O–H groups in total. The fourth-order valence-electron chi connectivity index (χ4n) is 3.99. The van der Waals surface area contributed by atoms with Gasteiger partial charge in [0.2, 0.25) is 0 Å². The van der Waals surface area contributed by atoms with E-state index in [2.05, 4.69) is 16.8 Å². The fourth-order valence-corrected chi connectivity index (χ4v) is 3.99. The number of likely N-dealkylation sites (N-methyl/N-ethyl adjacent to an activating group) is 1. The number of furan rings is 1. The number of nitrogens with zero attached hydrogens (tertiary/aromatic N) is 3. The highest BCUT2D eigenvalue weighted by atomic mass is 16.4. The van der Waals surface area contributed by atoms with Gasteiger partial charge in [-0.05, 0) is 37.9 Å². The van der Waals surface area contributed by atoms with E-state index in [-0.39, 0.29) is 18.2 Å². The third-order valence-electron chi connectivity index (χ3n) is 5.45. The molecule has 7 nitrogen and oxygen atoms in total. The molecule has 0 saturated carbocycles. The van der Waals surface area contributed by atoms with E-state index in [0.29, 0.717) is 31.3 Å². The van der Waals surface area contributed by atoms with E-state index in [1.807, 2.05) is 4.90 Å². The van der Waals surface area contributed by atoms with Gasteiger partial charge in [0.25, 0.3) is 5.91 Å². The Bertz CT molecular complexity index is 581. The smallest absolute Gasteiger partial charge is 0.303 e. The molecule has 3 heterocycles. The third kappa shape index (κ3) is 4.41. The molecule has 1 aromatic heterocycles. The van der Waals surface area contributed by atoms with Gasteiger partial charge in [-0.3, -0.25) is 14.5 Å². The van der Waals surface area contributed by atoms with Crippen LogP contribution in [0.2, 0.25) is 0 Å². The number of rotatable bonds is 5. The van der Waals surface area contributed by atoms with Crippen LogP contribution in [-0.2, 0) is 4.79 Å². The maximum absolute atomic E-state index is 12.6. The van der Waals surface area contributed by atoms with Gasteiger partial charge in [-0.25, -0.2) is 0 Å². The van der Waals surface area contributed by atoms with Crippen molar-refractivity contribution in [2.24, 2.45) is 5.92 Å². The predicted molar refractivity (Wildman–Crippen MR) is 92.4 cm³/mol. The zero-order chi connectivity index (χ0) is 17.8. The number of hydrogen-bond donors (Lipinski definition) is 1. The number of aliphatic carboxylic acids is 1. The summed E-state index contributed by atoms with van der Waals surface area (Å²) in [5.74, 6) is -0.323. The second-order valence-electron chi connectivity index (χ2n) is 7.12. The van der Waals surface area contributed by atoms with Crippen molar-refractivity contribution in [2.75, 3.05) is 46.3 Å². The van der Waals surface area contributed by atoms with Gasteiger partial charge in [0.1, 0.15) is 0 Å². The second-order valence-corrected chi connectivity index (χ2v) is 7.12. The average molecular weight is 349 g/mol. The quantitative estimate of drug-likeness (QED) is 0.861. The van der Waals surface area contributed by atoms with Crippen molar-refractivity contribution in [1.82, 2.24) is 14.7 Å². The van der Waals surface area contributed by atoms with Gasteiger partial charge in [0, 0.05) is 51.7 Å². The number of carbonyl (C=O) groups is 2. The molecule has 3 rings (SSSR count). The summed E-state index contributed by atoms with van der Waals surface area (Å²) in [7, 11) is 2.13. The van der Waals surface area contributed by atoms with Crippen LogP contribution in [0.15, 0.2) is 22.8 Å². The van der Waals surface area contributed by atoms with Crippen molar-refractivity contribution in [3.63, 3.8) is 0 Å². The SMILES string of the molecule is CN1CCN([C@@H]2CCN(C(=O)c3ccco3)C[C@@H]2CCC(=O)O)CC1. The van der Waals surface area contributed by atoms with Gasteiger partial charge in [0.05, 0.1) is 6.26 Å². The summed E-state index contributed by atoms with van der Waals surface area (Å²) in [6.45, 7) is 5.39. The summed E-state index contributed by atoms with van der Waals surface area (Å²) in [6, 6.07) is 3.75. The Kier molecular flexibility index (Phi) is 5.75. The molecular weight excluding hydrogens is 322 g/mol. The van der Waals surface area contributed by atoms with Crippen LogP contribution in [0.1, 0.15) is 29.8 Å². The van der Waals surface area contributed by atoms with Crippen molar-refractivity contribution in [3.05, 3.63) is 24.2 Å². The first kappa shape index (κ1) is 17.9. The monoisotopic (exact) mass is 349 g/mol. The standard InChI is InChI=1S/C18H27N3O4/c1-19-8-10-20(11-9-19)15-6-7-21(13-14(15)4-5-17(22)23)18(24)16-3-2-12-25-16/h2-3,12,14-15H,4-11,13H2,1H3,(H,22,23)/t14-,15+/m0/s1.